The second-order valence-electron chi connectivity index (χ2n) is 9.79. The van der Waals surface area contributed by atoms with Crippen molar-refractivity contribution in [1.29, 1.82) is 0 Å². The highest BCUT2D eigenvalue weighted by Crippen LogP contribution is 2.33. The number of hydrogen-bond donors (Lipinski definition) is 3. The van der Waals surface area contributed by atoms with Crippen molar-refractivity contribution in [2.24, 2.45) is 9.81 Å². The fourth-order valence-corrected chi connectivity index (χ4v) is 5.59. The molecule has 0 aliphatic carbocycles. The Bertz CT molecular complexity index is 1710. The molecule has 1 aliphatic heterocycles. The molecule has 0 atom stereocenters. The number of fused-ring (bicyclic) bond motifs is 2. The van der Waals surface area contributed by atoms with E-state index in [1.54, 1.807) is 0 Å². The minimum atomic E-state index is -4.40. The highest BCUT2D eigenvalue weighted by molar-refractivity contribution is 7.92. The van der Waals surface area contributed by atoms with Crippen molar-refractivity contribution in [1.82, 2.24) is 4.40 Å². The van der Waals surface area contributed by atoms with Crippen molar-refractivity contribution in [3.8, 4) is 5.88 Å². The summed E-state index contributed by atoms with van der Waals surface area (Å²) in [5.41, 5.74) is -0.589. The van der Waals surface area contributed by atoms with E-state index in [4.69, 9.17) is 0 Å². The van der Waals surface area contributed by atoms with Crippen molar-refractivity contribution in [2.75, 3.05) is 16.3 Å². The normalized spacial score (nSPS) is 15.2. The molecule has 0 bridgehead atoms. The molecule has 3 heterocycles. The predicted molar refractivity (Wildman–Crippen MR) is 135 cm³/mol. The van der Waals surface area contributed by atoms with Gasteiger partial charge in [0.25, 0.3) is 10.0 Å². The summed E-state index contributed by atoms with van der Waals surface area (Å²) in [6.07, 6.45) is 2.81. The van der Waals surface area contributed by atoms with E-state index in [1.165, 1.54) is 24.3 Å². The molecule has 0 fully saturated rings. The summed E-state index contributed by atoms with van der Waals surface area (Å²) in [6.45, 7) is 5.99. The highest BCUT2D eigenvalue weighted by Gasteiger charge is 2.31. The van der Waals surface area contributed by atoms with Gasteiger partial charge in [-0.05, 0) is 48.6 Å². The van der Waals surface area contributed by atoms with Crippen LogP contribution in [0.5, 0.6) is 5.88 Å². The number of aromatic hydroxyl groups is 1. The first kappa shape index (κ1) is 25.6. The predicted octanol–water partition coefficient (Wildman–Crippen LogP) is 3.06. The van der Waals surface area contributed by atoms with E-state index >= 15 is 0 Å². The molecule has 0 radical (unpaired) electrons. The van der Waals surface area contributed by atoms with Gasteiger partial charge in [0.2, 0.25) is 15.9 Å². The Hall–Kier alpha value is -3.45. The number of nitrogens with one attached hydrogen (secondary N) is 2. The Morgan fingerprint density at radius 3 is 2.53 bits per heavy atom. The van der Waals surface area contributed by atoms with Gasteiger partial charge in [0.05, 0.1) is 17.5 Å². The molecule has 192 valence electrons. The van der Waals surface area contributed by atoms with Crippen LogP contribution in [0.2, 0.25) is 0 Å². The SMILES string of the molecule is CC(C)(C)CCc1c(=O)c(C2=NS(=O)(=O)c3cc(NS(C)(=O)=O)ccc3N2)c(O)n2cc(F)ccc12. The largest absolute Gasteiger partial charge is 0.494 e. The number of hydrogen-bond acceptors (Lipinski definition) is 7. The van der Waals surface area contributed by atoms with Gasteiger partial charge in [-0.1, -0.05) is 20.8 Å². The van der Waals surface area contributed by atoms with Crippen LogP contribution in [0.4, 0.5) is 15.8 Å². The van der Waals surface area contributed by atoms with E-state index in [9.17, 15) is 31.1 Å². The number of amidine groups is 1. The lowest BCUT2D eigenvalue weighted by atomic mass is 9.88. The third kappa shape index (κ3) is 5.07. The molecule has 2 aromatic heterocycles. The van der Waals surface area contributed by atoms with Crippen LogP contribution in [0.1, 0.15) is 38.3 Å². The fraction of sp³-hybridized carbons (Fsp3) is 0.304. The molecule has 10 nitrogen and oxygen atoms in total. The first-order valence-corrected chi connectivity index (χ1v) is 14.2. The number of sulfonamides is 2. The van der Waals surface area contributed by atoms with Crippen LogP contribution in [0.15, 0.2) is 50.6 Å². The number of rotatable bonds is 5. The van der Waals surface area contributed by atoms with Crippen molar-refractivity contribution < 1.29 is 26.3 Å². The topological polar surface area (TPSA) is 146 Å². The quantitative estimate of drug-likeness (QED) is 0.454. The average molecular weight is 537 g/mol. The molecule has 0 spiro atoms. The van der Waals surface area contributed by atoms with Crippen LogP contribution in [0, 0.1) is 11.2 Å². The monoisotopic (exact) mass is 536 g/mol. The molecule has 1 aromatic carbocycles. The van der Waals surface area contributed by atoms with Gasteiger partial charge in [-0.25, -0.2) is 12.8 Å². The Kier molecular flexibility index (Phi) is 6.12. The summed E-state index contributed by atoms with van der Waals surface area (Å²) in [4.78, 5) is 13.3. The zero-order chi connectivity index (χ0) is 26.6. The summed E-state index contributed by atoms with van der Waals surface area (Å²) in [7, 11) is -8.06. The van der Waals surface area contributed by atoms with Gasteiger partial charge in [-0.15, -0.1) is 4.40 Å². The molecule has 1 aliphatic rings. The molecule has 13 heteroatoms. The third-order valence-electron chi connectivity index (χ3n) is 5.56. The third-order valence-corrected chi connectivity index (χ3v) is 7.49. The highest BCUT2D eigenvalue weighted by atomic mass is 32.2. The number of aromatic nitrogens is 1. The van der Waals surface area contributed by atoms with Crippen molar-refractivity contribution in [3.63, 3.8) is 0 Å². The molecule has 0 amide bonds. The van der Waals surface area contributed by atoms with Crippen LogP contribution in [0.25, 0.3) is 5.52 Å². The Morgan fingerprint density at radius 2 is 1.89 bits per heavy atom. The molecule has 36 heavy (non-hydrogen) atoms. The number of anilines is 2. The molecule has 0 saturated heterocycles. The first-order chi connectivity index (χ1) is 16.6. The van der Waals surface area contributed by atoms with Crippen LogP contribution in [-0.4, -0.2) is 38.4 Å². The van der Waals surface area contributed by atoms with Crippen molar-refractivity contribution >= 4 is 42.8 Å². The van der Waals surface area contributed by atoms with E-state index in [2.05, 4.69) is 14.4 Å². The second kappa shape index (κ2) is 8.59. The maximum Gasteiger partial charge on any atom is 0.286 e. The van der Waals surface area contributed by atoms with E-state index in [1.807, 2.05) is 20.8 Å². The summed E-state index contributed by atoms with van der Waals surface area (Å²) in [6, 6.07) is 6.30. The van der Waals surface area contributed by atoms with Crippen LogP contribution < -0.4 is 15.5 Å². The lowest BCUT2D eigenvalue weighted by Crippen LogP contribution is -2.30. The van der Waals surface area contributed by atoms with Gasteiger partial charge in [0.15, 0.2) is 11.3 Å². The minimum absolute atomic E-state index is 0.00818. The maximum atomic E-state index is 14.1. The van der Waals surface area contributed by atoms with Gasteiger partial charge in [0, 0.05) is 17.4 Å². The van der Waals surface area contributed by atoms with Gasteiger partial charge in [-0.3, -0.25) is 13.9 Å². The molecule has 0 saturated carbocycles. The standard InChI is InChI=1S/C23H25FN4O6S2/c1-23(2,3)10-9-15-17-8-5-13(24)12-28(17)22(30)19(20(15)29)21-25-16-7-6-14(26-35(4,31)32)11-18(16)36(33,34)27-21/h5-8,11-12,26,30H,9-10H2,1-4H3,(H,25,27). The Morgan fingerprint density at radius 1 is 1.19 bits per heavy atom. The summed E-state index contributed by atoms with van der Waals surface area (Å²) < 4.78 is 70.1. The molecule has 3 aromatic rings. The van der Waals surface area contributed by atoms with Crippen LogP contribution in [0.3, 0.4) is 0 Å². The molecular weight excluding hydrogens is 511 g/mol. The summed E-state index contributed by atoms with van der Waals surface area (Å²) >= 11 is 0. The van der Waals surface area contributed by atoms with E-state index in [0.717, 1.165) is 22.9 Å². The number of halogens is 1. The minimum Gasteiger partial charge on any atom is -0.494 e. The Balaban J connectivity index is 1.91. The number of benzene rings is 1. The maximum absolute atomic E-state index is 14.1. The van der Waals surface area contributed by atoms with Gasteiger partial charge >= 0.3 is 0 Å². The Labute approximate surface area is 207 Å². The van der Waals surface area contributed by atoms with Gasteiger partial charge in [-0.2, -0.15) is 8.42 Å². The lowest BCUT2D eigenvalue weighted by Gasteiger charge is -2.22. The van der Waals surface area contributed by atoms with Gasteiger partial charge in [0.1, 0.15) is 16.3 Å². The molecular formula is C23H25FN4O6S2. The number of aryl methyl sites for hydroxylation is 1. The number of pyridine rings is 2. The van der Waals surface area contributed by atoms with Crippen LogP contribution in [-0.2, 0) is 26.5 Å². The summed E-state index contributed by atoms with van der Waals surface area (Å²) in [5.74, 6) is -1.77. The lowest BCUT2D eigenvalue weighted by molar-refractivity contribution is 0.377. The van der Waals surface area contributed by atoms with E-state index in [0.29, 0.717) is 18.4 Å². The second-order valence-corrected chi connectivity index (χ2v) is 13.1. The van der Waals surface area contributed by atoms with Crippen molar-refractivity contribution in [2.45, 2.75) is 38.5 Å². The summed E-state index contributed by atoms with van der Waals surface area (Å²) in [5, 5.41) is 13.7. The molecule has 3 N–H and O–H groups in total. The number of nitrogens with zero attached hydrogens (tertiary/aromatic N) is 2. The van der Waals surface area contributed by atoms with Crippen LogP contribution >= 0.6 is 0 Å². The fourth-order valence-electron chi connectivity index (χ4n) is 3.88. The average Bonchev–Trinajstić information content (AvgIpc) is 2.72. The molecule has 4 rings (SSSR count). The molecule has 0 unspecified atom stereocenters. The zero-order valence-corrected chi connectivity index (χ0v) is 21.6. The van der Waals surface area contributed by atoms with Crippen molar-refractivity contribution in [3.05, 3.63) is 63.7 Å². The first-order valence-electron chi connectivity index (χ1n) is 10.9. The van der Waals surface area contributed by atoms with E-state index < -0.39 is 48.6 Å². The van der Waals surface area contributed by atoms with Gasteiger partial charge < -0.3 is 10.4 Å². The zero-order valence-electron chi connectivity index (χ0n) is 20.0. The van der Waals surface area contributed by atoms with E-state index in [-0.39, 0.29) is 27.2 Å². The smallest absolute Gasteiger partial charge is 0.286 e.